The highest BCUT2D eigenvalue weighted by Gasteiger charge is 2.37. The van der Waals surface area contributed by atoms with Crippen molar-refractivity contribution < 1.29 is 18.0 Å². The summed E-state index contributed by atoms with van der Waals surface area (Å²) in [5.41, 5.74) is 0.124. The van der Waals surface area contributed by atoms with Crippen molar-refractivity contribution in [3.8, 4) is 0 Å². The number of carbonyl (C=O) groups excluding carboxylic acids is 1. The second-order valence-electron chi connectivity index (χ2n) is 5.97. The molecule has 1 amide bonds. The predicted octanol–water partition coefficient (Wildman–Crippen LogP) is 4.18. The van der Waals surface area contributed by atoms with Gasteiger partial charge in [-0.25, -0.2) is 0 Å². The smallest absolute Gasteiger partial charge is 0.326 e. The minimum absolute atomic E-state index is 0.146. The Hall–Kier alpha value is -1.52. The number of amides is 1. The van der Waals surface area contributed by atoms with E-state index in [0.717, 1.165) is 12.1 Å². The Labute approximate surface area is 110 Å². The van der Waals surface area contributed by atoms with Crippen LogP contribution in [0.4, 0.5) is 18.9 Å². The fourth-order valence-electron chi connectivity index (χ4n) is 2.41. The molecule has 0 saturated heterocycles. The van der Waals surface area contributed by atoms with Crippen molar-refractivity contribution in [2.24, 2.45) is 5.41 Å². The number of carbonyl (C=O) groups is 1. The standard InChI is InChI=1S/C14H16F3NO/c1-13(2,3)10-7-12(19)18-11-5-4-8(6-9(10)11)14(15,16)17/h4-6,10H,7H2,1-3H3,(H,18,19). The summed E-state index contributed by atoms with van der Waals surface area (Å²) in [4.78, 5) is 11.6. The first-order chi connectivity index (χ1) is 8.59. The van der Waals surface area contributed by atoms with Crippen molar-refractivity contribution in [2.75, 3.05) is 5.32 Å². The SMILES string of the molecule is CC(C)(C)C1CC(=O)Nc2ccc(C(F)(F)F)cc21. The number of hydrogen-bond donors (Lipinski definition) is 1. The highest BCUT2D eigenvalue weighted by Crippen LogP contribution is 2.45. The monoisotopic (exact) mass is 271 g/mol. The molecule has 1 aliphatic rings. The molecule has 19 heavy (non-hydrogen) atoms. The first kappa shape index (κ1) is 13.9. The Morgan fingerprint density at radius 1 is 1.21 bits per heavy atom. The fraction of sp³-hybridized carbons (Fsp3) is 0.500. The van der Waals surface area contributed by atoms with Gasteiger partial charge in [-0.15, -0.1) is 0 Å². The van der Waals surface area contributed by atoms with Crippen molar-refractivity contribution in [3.63, 3.8) is 0 Å². The number of rotatable bonds is 0. The van der Waals surface area contributed by atoms with Crippen molar-refractivity contribution in [2.45, 2.75) is 39.3 Å². The minimum Gasteiger partial charge on any atom is -0.326 e. The molecule has 1 unspecified atom stereocenters. The molecule has 0 spiro atoms. The molecule has 2 nitrogen and oxygen atoms in total. The van der Waals surface area contributed by atoms with E-state index in [1.54, 1.807) is 0 Å². The Balaban J connectivity index is 2.54. The molecule has 0 bridgehead atoms. The first-order valence-electron chi connectivity index (χ1n) is 6.10. The molecule has 1 aliphatic heterocycles. The molecule has 0 fully saturated rings. The van der Waals surface area contributed by atoms with Gasteiger partial charge in [0.2, 0.25) is 5.91 Å². The van der Waals surface area contributed by atoms with Crippen LogP contribution in [-0.2, 0) is 11.0 Å². The maximum absolute atomic E-state index is 12.8. The third-order valence-electron chi connectivity index (χ3n) is 3.46. The van der Waals surface area contributed by atoms with E-state index in [1.807, 2.05) is 20.8 Å². The van der Waals surface area contributed by atoms with Gasteiger partial charge in [-0.1, -0.05) is 20.8 Å². The highest BCUT2D eigenvalue weighted by atomic mass is 19.4. The van der Waals surface area contributed by atoms with E-state index in [2.05, 4.69) is 5.32 Å². The largest absolute Gasteiger partial charge is 0.416 e. The number of hydrogen-bond acceptors (Lipinski definition) is 1. The van der Waals surface area contributed by atoms with Crippen molar-refractivity contribution in [1.82, 2.24) is 0 Å². The van der Waals surface area contributed by atoms with Gasteiger partial charge in [-0.05, 0) is 35.1 Å². The van der Waals surface area contributed by atoms with Gasteiger partial charge in [0, 0.05) is 12.1 Å². The lowest BCUT2D eigenvalue weighted by Gasteiger charge is -2.35. The van der Waals surface area contributed by atoms with Gasteiger partial charge < -0.3 is 5.32 Å². The van der Waals surface area contributed by atoms with Gasteiger partial charge in [-0.2, -0.15) is 13.2 Å². The van der Waals surface area contributed by atoms with E-state index in [4.69, 9.17) is 0 Å². The maximum Gasteiger partial charge on any atom is 0.416 e. The summed E-state index contributed by atoms with van der Waals surface area (Å²) in [7, 11) is 0. The molecule has 1 aromatic rings. The first-order valence-corrected chi connectivity index (χ1v) is 6.10. The zero-order valence-electron chi connectivity index (χ0n) is 11.1. The molecule has 0 saturated carbocycles. The quantitative estimate of drug-likeness (QED) is 0.753. The van der Waals surface area contributed by atoms with Gasteiger partial charge >= 0.3 is 6.18 Å². The number of nitrogens with one attached hydrogen (secondary N) is 1. The van der Waals surface area contributed by atoms with Gasteiger partial charge in [0.15, 0.2) is 0 Å². The minimum atomic E-state index is -4.36. The normalized spacial score (nSPS) is 19.9. The van der Waals surface area contributed by atoms with Crippen LogP contribution >= 0.6 is 0 Å². The molecule has 0 radical (unpaired) electrons. The summed E-state index contributed by atoms with van der Waals surface area (Å²) in [6.45, 7) is 5.79. The molecular weight excluding hydrogens is 255 g/mol. The summed E-state index contributed by atoms with van der Waals surface area (Å²) in [6.07, 6.45) is -4.14. The second-order valence-corrected chi connectivity index (χ2v) is 5.97. The van der Waals surface area contributed by atoms with E-state index in [1.165, 1.54) is 6.07 Å². The Kier molecular flexibility index (Phi) is 3.11. The van der Waals surface area contributed by atoms with Crippen LogP contribution in [0.15, 0.2) is 18.2 Å². The molecule has 5 heteroatoms. The average molecular weight is 271 g/mol. The molecule has 1 atom stereocenters. The summed E-state index contributed by atoms with van der Waals surface area (Å²) in [6, 6.07) is 3.50. The number of alkyl halides is 3. The van der Waals surface area contributed by atoms with Crippen LogP contribution in [0.2, 0.25) is 0 Å². The van der Waals surface area contributed by atoms with Crippen LogP contribution < -0.4 is 5.32 Å². The topological polar surface area (TPSA) is 29.1 Å². The average Bonchev–Trinajstić information content (AvgIpc) is 2.24. The fourth-order valence-corrected chi connectivity index (χ4v) is 2.41. The van der Waals surface area contributed by atoms with Gasteiger partial charge in [-0.3, -0.25) is 4.79 Å². The summed E-state index contributed by atoms with van der Waals surface area (Å²) >= 11 is 0. The summed E-state index contributed by atoms with van der Waals surface area (Å²) in [5, 5.41) is 2.63. The second kappa shape index (κ2) is 4.25. The van der Waals surface area contributed by atoms with Crippen molar-refractivity contribution in [1.29, 1.82) is 0 Å². The maximum atomic E-state index is 12.8. The lowest BCUT2D eigenvalue weighted by molar-refractivity contribution is -0.137. The van der Waals surface area contributed by atoms with Crippen LogP contribution in [0, 0.1) is 5.41 Å². The van der Waals surface area contributed by atoms with E-state index < -0.39 is 11.7 Å². The molecule has 1 heterocycles. The lowest BCUT2D eigenvalue weighted by atomic mass is 9.72. The Morgan fingerprint density at radius 3 is 2.37 bits per heavy atom. The molecule has 0 aliphatic carbocycles. The molecule has 104 valence electrons. The third kappa shape index (κ3) is 2.74. The van der Waals surface area contributed by atoms with Crippen molar-refractivity contribution in [3.05, 3.63) is 29.3 Å². The number of fused-ring (bicyclic) bond motifs is 1. The van der Waals surface area contributed by atoms with Crippen LogP contribution in [0.5, 0.6) is 0 Å². The van der Waals surface area contributed by atoms with E-state index in [0.29, 0.717) is 11.3 Å². The lowest BCUT2D eigenvalue weighted by Crippen LogP contribution is -2.30. The number of benzene rings is 1. The van der Waals surface area contributed by atoms with E-state index in [9.17, 15) is 18.0 Å². The molecular formula is C14H16F3NO. The van der Waals surface area contributed by atoms with Gasteiger partial charge in [0.05, 0.1) is 5.56 Å². The van der Waals surface area contributed by atoms with Crippen LogP contribution in [0.3, 0.4) is 0 Å². The van der Waals surface area contributed by atoms with E-state index >= 15 is 0 Å². The summed E-state index contributed by atoms with van der Waals surface area (Å²) < 4.78 is 38.3. The van der Waals surface area contributed by atoms with Gasteiger partial charge in [0.1, 0.15) is 0 Å². The van der Waals surface area contributed by atoms with E-state index in [-0.39, 0.29) is 23.7 Å². The van der Waals surface area contributed by atoms with Crippen molar-refractivity contribution >= 4 is 11.6 Å². The Morgan fingerprint density at radius 2 is 1.84 bits per heavy atom. The van der Waals surface area contributed by atoms with Gasteiger partial charge in [0.25, 0.3) is 0 Å². The predicted molar refractivity (Wildman–Crippen MR) is 66.9 cm³/mol. The van der Waals surface area contributed by atoms with Crippen LogP contribution in [0.1, 0.15) is 44.2 Å². The number of anilines is 1. The Bertz CT molecular complexity index is 514. The number of halogens is 3. The molecule has 2 rings (SSSR count). The van der Waals surface area contributed by atoms with Crippen LogP contribution in [0.25, 0.3) is 0 Å². The molecule has 1 aromatic carbocycles. The molecule has 1 N–H and O–H groups in total. The zero-order valence-corrected chi connectivity index (χ0v) is 11.1. The highest BCUT2D eigenvalue weighted by molar-refractivity contribution is 5.94. The third-order valence-corrected chi connectivity index (χ3v) is 3.46. The summed E-state index contributed by atoms with van der Waals surface area (Å²) in [5.74, 6) is -0.356. The zero-order chi connectivity index (χ0) is 14.4. The molecule has 0 aromatic heterocycles. The van der Waals surface area contributed by atoms with Crippen LogP contribution in [-0.4, -0.2) is 5.91 Å².